The molecule has 1 aliphatic heterocycles. The highest BCUT2D eigenvalue weighted by Crippen LogP contribution is 2.28. The monoisotopic (exact) mass is 404 g/mol. The minimum atomic E-state index is 0.0323. The molecule has 6 nitrogen and oxygen atoms in total. The summed E-state index contributed by atoms with van der Waals surface area (Å²) in [4.78, 5) is 19.3. The molecule has 0 atom stereocenters. The number of carbonyl (C=O) groups excluding carboxylic acids is 1. The Morgan fingerprint density at radius 2 is 1.90 bits per heavy atom. The fraction of sp³-hybridized carbons (Fsp3) is 0.136. The second kappa shape index (κ2) is 7.22. The molecule has 0 radical (unpaired) electrons. The normalized spacial score (nSPS) is 12.9. The molecular formula is C22H17ClN4O2. The zero-order valence-corrected chi connectivity index (χ0v) is 16.2. The summed E-state index contributed by atoms with van der Waals surface area (Å²) in [7, 11) is 0. The lowest BCUT2D eigenvalue weighted by Gasteiger charge is -2.18. The minimum Gasteiger partial charge on any atom is -0.334 e. The number of hydrogen-bond acceptors (Lipinski definition) is 4. The van der Waals surface area contributed by atoms with Gasteiger partial charge >= 0.3 is 0 Å². The Morgan fingerprint density at radius 1 is 1.07 bits per heavy atom. The number of fused-ring (bicyclic) bond motifs is 1. The van der Waals surface area contributed by atoms with Crippen LogP contribution in [0.5, 0.6) is 0 Å². The Hall–Kier alpha value is -3.38. The van der Waals surface area contributed by atoms with Crippen LogP contribution in [0.3, 0.4) is 0 Å². The van der Waals surface area contributed by atoms with Crippen LogP contribution in [0.4, 0.5) is 5.69 Å². The van der Waals surface area contributed by atoms with Gasteiger partial charge in [-0.15, -0.1) is 0 Å². The van der Waals surface area contributed by atoms with Crippen LogP contribution in [0.15, 0.2) is 71.4 Å². The van der Waals surface area contributed by atoms with Gasteiger partial charge in [-0.3, -0.25) is 4.79 Å². The van der Waals surface area contributed by atoms with Gasteiger partial charge in [0.05, 0.1) is 0 Å². The second-order valence-corrected chi connectivity index (χ2v) is 7.31. The molecule has 0 saturated heterocycles. The van der Waals surface area contributed by atoms with E-state index >= 15 is 0 Å². The van der Waals surface area contributed by atoms with E-state index in [4.69, 9.17) is 16.1 Å². The summed E-state index contributed by atoms with van der Waals surface area (Å²) in [6.07, 6.45) is 2.73. The molecule has 5 rings (SSSR count). The van der Waals surface area contributed by atoms with Crippen molar-refractivity contribution in [2.45, 2.75) is 13.0 Å². The van der Waals surface area contributed by atoms with Crippen LogP contribution in [-0.2, 0) is 17.8 Å². The highest BCUT2D eigenvalue weighted by molar-refractivity contribution is 6.30. The topological polar surface area (TPSA) is 64.2 Å². The summed E-state index contributed by atoms with van der Waals surface area (Å²) in [5.41, 5.74) is 3.72. The quantitative estimate of drug-likeness (QED) is 0.504. The maximum absolute atomic E-state index is 12.9. The predicted molar refractivity (Wildman–Crippen MR) is 111 cm³/mol. The molecule has 0 fully saturated rings. The van der Waals surface area contributed by atoms with Crippen molar-refractivity contribution in [2.24, 2.45) is 0 Å². The Morgan fingerprint density at radius 3 is 2.76 bits per heavy atom. The Labute approximate surface area is 172 Å². The van der Waals surface area contributed by atoms with Gasteiger partial charge in [0.2, 0.25) is 11.7 Å². The van der Waals surface area contributed by atoms with Gasteiger partial charge < -0.3 is 14.0 Å². The van der Waals surface area contributed by atoms with Crippen LogP contribution in [0.25, 0.3) is 23.0 Å². The lowest BCUT2D eigenvalue weighted by atomic mass is 10.2. The number of para-hydroxylation sites is 1. The summed E-state index contributed by atoms with van der Waals surface area (Å²) in [5.74, 6) is 0.878. The summed E-state index contributed by atoms with van der Waals surface area (Å²) in [5, 5.41) is 4.71. The van der Waals surface area contributed by atoms with Crippen molar-refractivity contribution in [3.05, 3.63) is 77.4 Å². The molecule has 1 aliphatic rings. The van der Waals surface area contributed by atoms with E-state index in [9.17, 15) is 4.79 Å². The Kier molecular flexibility index (Phi) is 4.41. The van der Waals surface area contributed by atoms with Crippen LogP contribution in [0.2, 0.25) is 5.02 Å². The predicted octanol–water partition coefficient (Wildman–Crippen LogP) is 4.45. The summed E-state index contributed by atoms with van der Waals surface area (Å²) < 4.78 is 7.29. The van der Waals surface area contributed by atoms with Crippen molar-refractivity contribution in [3.8, 4) is 23.0 Å². The van der Waals surface area contributed by atoms with Crippen molar-refractivity contribution in [1.82, 2.24) is 14.7 Å². The maximum atomic E-state index is 12.9. The average molecular weight is 405 g/mol. The Bertz CT molecular complexity index is 1180. The molecule has 0 saturated carbocycles. The van der Waals surface area contributed by atoms with Gasteiger partial charge in [-0.1, -0.05) is 35.0 Å². The van der Waals surface area contributed by atoms with Crippen LogP contribution < -0.4 is 4.90 Å². The first kappa shape index (κ1) is 17.7. The van der Waals surface area contributed by atoms with Crippen LogP contribution in [0.1, 0.15) is 5.56 Å². The van der Waals surface area contributed by atoms with Gasteiger partial charge in [0.15, 0.2) is 0 Å². The van der Waals surface area contributed by atoms with E-state index in [1.54, 1.807) is 12.1 Å². The van der Waals surface area contributed by atoms with Crippen molar-refractivity contribution < 1.29 is 9.32 Å². The molecule has 3 heterocycles. The number of anilines is 1. The number of carbonyl (C=O) groups is 1. The maximum Gasteiger partial charge on any atom is 0.274 e. The molecule has 144 valence electrons. The molecule has 0 N–H and O–H groups in total. The van der Waals surface area contributed by atoms with E-state index in [2.05, 4.69) is 16.2 Å². The summed E-state index contributed by atoms with van der Waals surface area (Å²) >= 11 is 5.94. The molecule has 4 aromatic rings. The van der Waals surface area contributed by atoms with E-state index in [1.807, 2.05) is 58.1 Å². The van der Waals surface area contributed by atoms with E-state index in [0.717, 1.165) is 17.7 Å². The van der Waals surface area contributed by atoms with Gasteiger partial charge in [-0.2, -0.15) is 4.98 Å². The summed E-state index contributed by atoms with van der Waals surface area (Å²) in [6.45, 7) is 0.908. The van der Waals surface area contributed by atoms with Crippen molar-refractivity contribution in [1.29, 1.82) is 0 Å². The number of aromatic nitrogens is 3. The van der Waals surface area contributed by atoms with E-state index < -0.39 is 0 Å². The van der Waals surface area contributed by atoms with Gasteiger partial charge in [0.25, 0.3) is 5.89 Å². The van der Waals surface area contributed by atoms with Gasteiger partial charge in [0.1, 0.15) is 12.2 Å². The summed E-state index contributed by atoms with van der Waals surface area (Å²) in [6, 6.07) is 19.0. The Balaban J connectivity index is 1.38. The van der Waals surface area contributed by atoms with E-state index in [-0.39, 0.29) is 12.5 Å². The molecule has 29 heavy (non-hydrogen) atoms. The van der Waals surface area contributed by atoms with Crippen LogP contribution in [0, 0.1) is 0 Å². The molecular weight excluding hydrogens is 388 g/mol. The highest BCUT2D eigenvalue weighted by atomic mass is 35.5. The number of hydrogen-bond donors (Lipinski definition) is 0. The van der Waals surface area contributed by atoms with E-state index in [1.165, 1.54) is 5.56 Å². The zero-order chi connectivity index (χ0) is 19.8. The van der Waals surface area contributed by atoms with Crippen LogP contribution in [-0.4, -0.2) is 27.2 Å². The number of amides is 1. The first-order valence-corrected chi connectivity index (χ1v) is 9.70. The van der Waals surface area contributed by atoms with Crippen molar-refractivity contribution >= 4 is 23.2 Å². The van der Waals surface area contributed by atoms with Gasteiger partial charge in [-0.05, 0) is 54.4 Å². The second-order valence-electron chi connectivity index (χ2n) is 6.88. The zero-order valence-electron chi connectivity index (χ0n) is 15.5. The lowest BCUT2D eigenvalue weighted by Crippen LogP contribution is -2.32. The standard InChI is InChI=1S/C22H17ClN4O2/c23-17-9-7-16(8-10-17)21-24-22(29-25-21)19-6-3-12-26(19)14-20(28)27-13-11-15-4-1-2-5-18(15)27/h1-10,12H,11,13-14H2. The first-order chi connectivity index (χ1) is 14.2. The lowest BCUT2D eigenvalue weighted by molar-refractivity contribution is -0.119. The van der Waals surface area contributed by atoms with Gasteiger partial charge in [-0.25, -0.2) is 0 Å². The number of rotatable bonds is 4. The number of benzene rings is 2. The molecule has 0 spiro atoms. The third-order valence-electron chi connectivity index (χ3n) is 5.07. The SMILES string of the molecule is O=C(Cn1cccc1-c1nc(-c2ccc(Cl)cc2)no1)N1CCc2ccccc21. The molecule has 0 bridgehead atoms. The number of halogens is 1. The molecule has 2 aromatic heterocycles. The first-order valence-electron chi connectivity index (χ1n) is 9.32. The molecule has 2 aromatic carbocycles. The van der Waals surface area contributed by atoms with Gasteiger partial charge in [0, 0.05) is 29.0 Å². The number of nitrogens with zero attached hydrogens (tertiary/aromatic N) is 4. The van der Waals surface area contributed by atoms with E-state index in [0.29, 0.717) is 29.0 Å². The average Bonchev–Trinajstić information content (AvgIpc) is 3.47. The molecule has 7 heteroatoms. The third-order valence-corrected chi connectivity index (χ3v) is 5.32. The minimum absolute atomic E-state index is 0.0323. The fourth-order valence-corrected chi connectivity index (χ4v) is 3.74. The highest BCUT2D eigenvalue weighted by Gasteiger charge is 2.25. The van der Waals surface area contributed by atoms with Crippen molar-refractivity contribution in [2.75, 3.05) is 11.4 Å². The third kappa shape index (κ3) is 3.32. The smallest absolute Gasteiger partial charge is 0.274 e. The largest absolute Gasteiger partial charge is 0.334 e. The molecule has 0 aliphatic carbocycles. The fourth-order valence-electron chi connectivity index (χ4n) is 3.62. The van der Waals surface area contributed by atoms with Crippen LogP contribution >= 0.6 is 11.6 Å². The molecule has 0 unspecified atom stereocenters. The molecule has 1 amide bonds. The van der Waals surface area contributed by atoms with Crippen molar-refractivity contribution in [3.63, 3.8) is 0 Å².